The molecule has 1 amide bonds. The Morgan fingerprint density at radius 3 is 2.67 bits per heavy atom. The maximum absolute atomic E-state index is 12.1. The molecule has 0 spiro atoms. The van der Waals surface area contributed by atoms with Gasteiger partial charge in [-0.2, -0.15) is 5.10 Å². The quantitative estimate of drug-likeness (QED) is 0.542. The van der Waals surface area contributed by atoms with Gasteiger partial charge in [-0.1, -0.05) is 43.0 Å². The molecule has 0 aromatic heterocycles. The Morgan fingerprint density at radius 2 is 2.00 bits per heavy atom. The van der Waals surface area contributed by atoms with Crippen LogP contribution in [0.15, 0.2) is 58.6 Å². The number of thioether (sulfide) groups is 1. The zero-order valence-corrected chi connectivity index (χ0v) is 16.1. The van der Waals surface area contributed by atoms with Gasteiger partial charge in [0.1, 0.15) is 5.75 Å². The molecule has 2 aromatic rings. The maximum atomic E-state index is 12.1. The number of benzene rings is 2. The van der Waals surface area contributed by atoms with E-state index in [0.717, 1.165) is 29.4 Å². The number of phenols is 1. The summed E-state index contributed by atoms with van der Waals surface area (Å²) >= 11 is 1.77. The molecule has 27 heavy (non-hydrogen) atoms. The number of nitrogens with one attached hydrogen (secondary N) is 2. The van der Waals surface area contributed by atoms with Gasteiger partial charge in [0.15, 0.2) is 5.17 Å². The molecular weight excluding hydrogens is 360 g/mol. The Balaban J connectivity index is 1.60. The van der Waals surface area contributed by atoms with Crippen LogP contribution in [0.4, 0.5) is 5.69 Å². The number of hydrogen-bond acceptors (Lipinski definition) is 6. The molecule has 3 rings (SSSR count). The Kier molecular flexibility index (Phi) is 6.13. The van der Waals surface area contributed by atoms with Crippen LogP contribution in [0, 0.1) is 0 Å². The van der Waals surface area contributed by atoms with Gasteiger partial charge >= 0.3 is 0 Å². The molecule has 0 radical (unpaired) electrons. The first-order chi connectivity index (χ1) is 13.1. The van der Waals surface area contributed by atoms with E-state index in [9.17, 15) is 9.90 Å². The van der Waals surface area contributed by atoms with Crippen molar-refractivity contribution < 1.29 is 9.90 Å². The van der Waals surface area contributed by atoms with Crippen molar-refractivity contribution in [3.05, 3.63) is 59.7 Å². The number of amidine groups is 1. The number of carbonyl (C=O) groups excluding carboxylic acids is 1. The summed E-state index contributed by atoms with van der Waals surface area (Å²) in [4.78, 5) is 16.6. The summed E-state index contributed by atoms with van der Waals surface area (Å²) in [6.07, 6.45) is 1.11. The third-order valence-corrected chi connectivity index (χ3v) is 5.47. The van der Waals surface area contributed by atoms with Crippen LogP contribution in [0.5, 0.6) is 5.75 Å². The van der Waals surface area contributed by atoms with E-state index in [1.807, 2.05) is 31.2 Å². The van der Waals surface area contributed by atoms with Gasteiger partial charge in [-0.15, -0.1) is 0 Å². The summed E-state index contributed by atoms with van der Waals surface area (Å²) in [5, 5.41) is 18.7. The lowest BCUT2D eigenvalue weighted by Crippen LogP contribution is -2.19. The van der Waals surface area contributed by atoms with Gasteiger partial charge in [0.25, 0.3) is 5.91 Å². The Hall–Kier alpha value is -2.80. The fraction of sp³-hybridized carbons (Fsp3) is 0.250. The molecule has 0 bridgehead atoms. The zero-order valence-electron chi connectivity index (χ0n) is 15.3. The van der Waals surface area contributed by atoms with Crippen molar-refractivity contribution in [2.75, 3.05) is 11.9 Å². The van der Waals surface area contributed by atoms with Crippen LogP contribution < -0.4 is 10.7 Å². The van der Waals surface area contributed by atoms with Crippen LogP contribution in [-0.2, 0) is 0 Å². The predicted octanol–water partition coefficient (Wildman–Crippen LogP) is 3.84. The Labute approximate surface area is 162 Å². The molecule has 140 valence electrons. The van der Waals surface area contributed by atoms with E-state index in [1.54, 1.807) is 30.0 Å². The smallest absolute Gasteiger partial charge is 0.275 e. The minimum absolute atomic E-state index is 0.0729. The minimum atomic E-state index is -0.451. The molecule has 0 saturated heterocycles. The third kappa shape index (κ3) is 4.89. The average molecular weight is 382 g/mol. The molecule has 3 N–H and O–H groups in total. The molecule has 0 fully saturated rings. The van der Waals surface area contributed by atoms with Gasteiger partial charge in [0, 0.05) is 10.9 Å². The van der Waals surface area contributed by atoms with E-state index < -0.39 is 5.91 Å². The first-order valence-electron chi connectivity index (χ1n) is 8.78. The molecule has 0 aliphatic carbocycles. The van der Waals surface area contributed by atoms with E-state index in [-0.39, 0.29) is 11.3 Å². The number of nitrogens with zero attached hydrogens (tertiary/aromatic N) is 2. The summed E-state index contributed by atoms with van der Waals surface area (Å²) in [5.41, 5.74) is 5.19. The standard InChI is InChI=1S/C20H22N4O2S/c1-3-16-12-21-20(27-16)22-15-10-8-14(9-11-15)13(2)23-24-19(26)17-6-4-5-7-18(17)25/h4-11,16,25H,3,12H2,1-2H3,(H,21,22)(H,24,26). The van der Waals surface area contributed by atoms with Crippen molar-refractivity contribution in [2.24, 2.45) is 10.1 Å². The van der Waals surface area contributed by atoms with Crippen LogP contribution in [0.25, 0.3) is 0 Å². The van der Waals surface area contributed by atoms with Crippen molar-refractivity contribution in [1.82, 2.24) is 5.43 Å². The number of carbonyl (C=O) groups is 1. The summed E-state index contributed by atoms with van der Waals surface area (Å²) in [6.45, 7) is 4.85. The van der Waals surface area contributed by atoms with Crippen LogP contribution in [0.1, 0.15) is 36.2 Å². The SMILES string of the molecule is CCC1CN=C(Nc2ccc(C(C)=NNC(=O)c3ccccc3O)cc2)S1. The molecule has 0 saturated carbocycles. The van der Waals surface area contributed by atoms with E-state index >= 15 is 0 Å². The first-order valence-corrected chi connectivity index (χ1v) is 9.66. The van der Waals surface area contributed by atoms with Gasteiger partial charge in [0.2, 0.25) is 0 Å². The van der Waals surface area contributed by atoms with Crippen molar-refractivity contribution in [2.45, 2.75) is 25.5 Å². The van der Waals surface area contributed by atoms with Crippen LogP contribution in [0.2, 0.25) is 0 Å². The second-order valence-electron chi connectivity index (χ2n) is 6.15. The van der Waals surface area contributed by atoms with Gasteiger partial charge in [0.05, 0.1) is 17.8 Å². The van der Waals surface area contributed by atoms with Crippen molar-refractivity contribution >= 4 is 34.2 Å². The number of para-hydroxylation sites is 1. The predicted molar refractivity (Wildman–Crippen MR) is 112 cm³/mol. The number of hydrogen-bond donors (Lipinski definition) is 3. The fourth-order valence-electron chi connectivity index (χ4n) is 2.54. The van der Waals surface area contributed by atoms with Gasteiger partial charge in [-0.25, -0.2) is 5.43 Å². The van der Waals surface area contributed by atoms with Gasteiger partial charge < -0.3 is 10.4 Å². The van der Waals surface area contributed by atoms with Crippen molar-refractivity contribution in [1.29, 1.82) is 0 Å². The normalized spacial score (nSPS) is 16.7. The van der Waals surface area contributed by atoms with Crippen LogP contribution >= 0.6 is 11.8 Å². The van der Waals surface area contributed by atoms with E-state index in [1.165, 1.54) is 6.07 Å². The van der Waals surface area contributed by atoms with Crippen LogP contribution in [0.3, 0.4) is 0 Å². The lowest BCUT2D eigenvalue weighted by molar-refractivity contribution is 0.0952. The third-order valence-electron chi connectivity index (χ3n) is 4.20. The molecule has 1 unspecified atom stereocenters. The summed E-state index contributed by atoms with van der Waals surface area (Å²) < 4.78 is 0. The van der Waals surface area contributed by atoms with E-state index in [0.29, 0.717) is 11.0 Å². The number of aromatic hydroxyl groups is 1. The topological polar surface area (TPSA) is 86.1 Å². The number of anilines is 1. The molecule has 7 heteroatoms. The highest BCUT2D eigenvalue weighted by Crippen LogP contribution is 2.24. The summed E-state index contributed by atoms with van der Waals surface area (Å²) in [7, 11) is 0. The van der Waals surface area contributed by atoms with E-state index in [2.05, 4.69) is 27.8 Å². The van der Waals surface area contributed by atoms with Crippen molar-refractivity contribution in [3.63, 3.8) is 0 Å². The number of phenolic OH excluding ortho intramolecular Hbond substituents is 1. The second-order valence-corrected chi connectivity index (χ2v) is 7.44. The highest BCUT2D eigenvalue weighted by molar-refractivity contribution is 8.15. The average Bonchev–Trinajstić information content (AvgIpc) is 3.14. The number of amides is 1. The van der Waals surface area contributed by atoms with E-state index in [4.69, 9.17) is 0 Å². The molecule has 6 nitrogen and oxygen atoms in total. The van der Waals surface area contributed by atoms with Gasteiger partial charge in [-0.3, -0.25) is 9.79 Å². The molecule has 1 aliphatic heterocycles. The molecule has 1 heterocycles. The van der Waals surface area contributed by atoms with Gasteiger partial charge in [-0.05, 0) is 43.2 Å². The molecular formula is C20H22N4O2S. The number of hydrazone groups is 1. The maximum Gasteiger partial charge on any atom is 0.275 e. The minimum Gasteiger partial charge on any atom is -0.507 e. The monoisotopic (exact) mass is 382 g/mol. The zero-order chi connectivity index (χ0) is 19.2. The molecule has 1 aliphatic rings. The summed E-state index contributed by atoms with van der Waals surface area (Å²) in [5.74, 6) is -0.524. The second kappa shape index (κ2) is 8.73. The highest BCUT2D eigenvalue weighted by Gasteiger charge is 2.17. The Morgan fingerprint density at radius 1 is 1.26 bits per heavy atom. The fourth-order valence-corrected chi connectivity index (χ4v) is 3.50. The largest absolute Gasteiger partial charge is 0.507 e. The lowest BCUT2D eigenvalue weighted by atomic mass is 10.1. The van der Waals surface area contributed by atoms with Crippen molar-refractivity contribution in [3.8, 4) is 5.75 Å². The highest BCUT2D eigenvalue weighted by atomic mass is 32.2. The number of rotatable bonds is 5. The first kappa shape index (κ1) is 19.0. The van der Waals surface area contributed by atoms with Crippen LogP contribution in [-0.4, -0.2) is 33.7 Å². The molecule has 1 atom stereocenters. The Bertz CT molecular complexity index is 878. The lowest BCUT2D eigenvalue weighted by Gasteiger charge is -2.08. The summed E-state index contributed by atoms with van der Waals surface area (Å²) in [6, 6.07) is 14.1. The number of aliphatic imine (C=N–C) groups is 1. The molecule has 2 aromatic carbocycles.